The van der Waals surface area contributed by atoms with Gasteiger partial charge in [0, 0.05) is 17.1 Å². The largest absolute Gasteiger partial charge is 0.316 e. The lowest BCUT2D eigenvalue weighted by molar-refractivity contribution is 0.554. The van der Waals surface area contributed by atoms with Gasteiger partial charge in [0.2, 0.25) is 10.0 Å². The lowest BCUT2D eigenvalue weighted by atomic mass is 10.2. The second kappa shape index (κ2) is 5.95. The Morgan fingerprint density at radius 2 is 2.06 bits per heavy atom. The Bertz CT molecular complexity index is 488. The summed E-state index contributed by atoms with van der Waals surface area (Å²) in [5.74, 6) is 0. The molecule has 0 aliphatic carbocycles. The average Bonchev–Trinajstić information content (AvgIpc) is 2.25. The van der Waals surface area contributed by atoms with E-state index in [9.17, 15) is 8.42 Å². The molecule has 1 aromatic carbocycles. The molecule has 1 atom stereocenters. The fourth-order valence-corrected chi connectivity index (χ4v) is 3.16. The maximum absolute atomic E-state index is 12.0. The minimum absolute atomic E-state index is 0.0977. The number of likely N-dealkylation sites (N-methyl/N-ethyl adjacent to an activating group) is 1. The summed E-state index contributed by atoms with van der Waals surface area (Å²) in [5.41, 5.74) is 0.726. The predicted octanol–water partition coefficient (Wildman–Crippen LogP) is 1.64. The van der Waals surface area contributed by atoms with Crippen molar-refractivity contribution >= 4 is 26.0 Å². The molecular formula is C11H17BrN2O2S. The Labute approximate surface area is 111 Å². The fourth-order valence-electron chi connectivity index (χ4n) is 1.33. The maximum Gasteiger partial charge on any atom is 0.240 e. The van der Waals surface area contributed by atoms with Crippen LogP contribution in [0.1, 0.15) is 12.5 Å². The van der Waals surface area contributed by atoms with Crippen molar-refractivity contribution in [2.45, 2.75) is 24.8 Å². The summed E-state index contributed by atoms with van der Waals surface area (Å²) in [6, 6.07) is 5.21. The normalized spacial score (nSPS) is 13.6. The molecule has 0 bridgehead atoms. The minimum atomic E-state index is -3.42. The molecule has 1 aromatic rings. The first-order valence-electron chi connectivity index (χ1n) is 5.30. The van der Waals surface area contributed by atoms with Gasteiger partial charge in [0.05, 0.1) is 4.90 Å². The Kier molecular flexibility index (Phi) is 5.12. The second-order valence-electron chi connectivity index (χ2n) is 3.95. The molecule has 0 amide bonds. The zero-order valence-electron chi connectivity index (χ0n) is 10.1. The van der Waals surface area contributed by atoms with Gasteiger partial charge in [-0.2, -0.15) is 0 Å². The van der Waals surface area contributed by atoms with E-state index >= 15 is 0 Å². The molecule has 1 unspecified atom stereocenters. The molecule has 0 aliphatic heterocycles. The van der Waals surface area contributed by atoms with Crippen LogP contribution in [0.25, 0.3) is 0 Å². The highest BCUT2D eigenvalue weighted by molar-refractivity contribution is 9.10. The van der Waals surface area contributed by atoms with Crippen LogP contribution in [0.4, 0.5) is 0 Å². The van der Waals surface area contributed by atoms with E-state index in [-0.39, 0.29) is 6.04 Å². The molecular weight excluding hydrogens is 304 g/mol. The van der Waals surface area contributed by atoms with Gasteiger partial charge in [-0.3, -0.25) is 0 Å². The van der Waals surface area contributed by atoms with E-state index < -0.39 is 10.0 Å². The van der Waals surface area contributed by atoms with Gasteiger partial charge >= 0.3 is 0 Å². The Morgan fingerprint density at radius 1 is 1.41 bits per heavy atom. The van der Waals surface area contributed by atoms with E-state index in [1.54, 1.807) is 32.2 Å². The van der Waals surface area contributed by atoms with Gasteiger partial charge in [0.15, 0.2) is 0 Å². The highest BCUT2D eigenvalue weighted by atomic mass is 79.9. The molecule has 6 heteroatoms. The quantitative estimate of drug-likeness (QED) is 0.867. The summed E-state index contributed by atoms with van der Waals surface area (Å²) in [5, 5.41) is 2.98. The number of rotatable bonds is 5. The molecule has 0 fully saturated rings. The smallest absolute Gasteiger partial charge is 0.240 e. The van der Waals surface area contributed by atoms with Gasteiger partial charge in [0.1, 0.15) is 0 Å². The zero-order valence-corrected chi connectivity index (χ0v) is 12.5. The number of halogens is 1. The highest BCUT2D eigenvalue weighted by Gasteiger charge is 2.17. The van der Waals surface area contributed by atoms with Crippen LogP contribution in [-0.2, 0) is 10.0 Å². The van der Waals surface area contributed by atoms with Gasteiger partial charge in [0.25, 0.3) is 0 Å². The lowest BCUT2D eigenvalue weighted by Gasteiger charge is -2.13. The molecule has 2 N–H and O–H groups in total. The van der Waals surface area contributed by atoms with Crippen LogP contribution in [0, 0.1) is 6.92 Å². The van der Waals surface area contributed by atoms with Crippen LogP contribution < -0.4 is 10.0 Å². The van der Waals surface area contributed by atoms with Crippen molar-refractivity contribution in [3.63, 3.8) is 0 Å². The lowest BCUT2D eigenvalue weighted by Crippen LogP contribution is -2.37. The van der Waals surface area contributed by atoms with Crippen molar-refractivity contribution in [2.75, 3.05) is 13.6 Å². The molecule has 17 heavy (non-hydrogen) atoms. The van der Waals surface area contributed by atoms with Gasteiger partial charge in [-0.15, -0.1) is 0 Å². The van der Waals surface area contributed by atoms with E-state index in [4.69, 9.17) is 0 Å². The van der Waals surface area contributed by atoms with Crippen LogP contribution >= 0.6 is 15.9 Å². The van der Waals surface area contributed by atoms with Crippen LogP contribution in [0.3, 0.4) is 0 Å². The molecule has 0 heterocycles. The van der Waals surface area contributed by atoms with Gasteiger partial charge in [-0.05, 0) is 44.7 Å². The standard InChI is InChI=1S/C11H17BrN2O2S/c1-8-6-10(12)4-5-11(8)17(15,16)14-7-9(2)13-3/h4-6,9,13-14H,7H2,1-3H3. The van der Waals surface area contributed by atoms with E-state index in [1.807, 2.05) is 6.92 Å². The first-order chi connectivity index (χ1) is 7.86. The third-order valence-electron chi connectivity index (χ3n) is 2.50. The topological polar surface area (TPSA) is 58.2 Å². The Balaban J connectivity index is 2.90. The minimum Gasteiger partial charge on any atom is -0.316 e. The van der Waals surface area contributed by atoms with Crippen molar-refractivity contribution < 1.29 is 8.42 Å². The summed E-state index contributed by atoms with van der Waals surface area (Å²) >= 11 is 3.31. The third-order valence-corrected chi connectivity index (χ3v) is 4.58. The summed E-state index contributed by atoms with van der Waals surface area (Å²) in [6.45, 7) is 4.06. The summed E-state index contributed by atoms with van der Waals surface area (Å²) in [7, 11) is -1.63. The highest BCUT2D eigenvalue weighted by Crippen LogP contribution is 2.19. The predicted molar refractivity (Wildman–Crippen MR) is 72.6 cm³/mol. The van der Waals surface area contributed by atoms with Gasteiger partial charge in [-0.25, -0.2) is 13.1 Å². The molecule has 0 radical (unpaired) electrons. The SMILES string of the molecule is CNC(C)CNS(=O)(=O)c1ccc(Br)cc1C. The van der Waals surface area contributed by atoms with Gasteiger partial charge < -0.3 is 5.32 Å². The summed E-state index contributed by atoms with van der Waals surface area (Å²) < 4.78 is 27.5. The van der Waals surface area contributed by atoms with Crippen molar-refractivity contribution in [3.8, 4) is 0 Å². The molecule has 96 valence electrons. The number of hydrogen-bond donors (Lipinski definition) is 2. The second-order valence-corrected chi connectivity index (χ2v) is 6.60. The van der Waals surface area contributed by atoms with E-state index in [0.29, 0.717) is 11.4 Å². The van der Waals surface area contributed by atoms with Crippen molar-refractivity contribution in [3.05, 3.63) is 28.2 Å². The molecule has 1 rings (SSSR count). The third kappa shape index (κ3) is 4.06. The Hall–Kier alpha value is -0.430. The first kappa shape index (κ1) is 14.6. The molecule has 4 nitrogen and oxygen atoms in total. The van der Waals surface area contributed by atoms with E-state index in [1.165, 1.54) is 0 Å². The number of nitrogens with one attached hydrogen (secondary N) is 2. The first-order valence-corrected chi connectivity index (χ1v) is 7.57. The fraction of sp³-hybridized carbons (Fsp3) is 0.455. The zero-order chi connectivity index (χ0) is 13.1. The molecule has 0 spiro atoms. The van der Waals surface area contributed by atoms with E-state index in [0.717, 1.165) is 10.0 Å². The summed E-state index contributed by atoms with van der Waals surface area (Å²) in [4.78, 5) is 0.323. The molecule has 0 saturated heterocycles. The summed E-state index contributed by atoms with van der Waals surface area (Å²) in [6.07, 6.45) is 0. The molecule has 0 saturated carbocycles. The van der Waals surface area contributed by atoms with Crippen molar-refractivity contribution in [2.24, 2.45) is 0 Å². The number of hydrogen-bond acceptors (Lipinski definition) is 3. The number of aryl methyl sites for hydroxylation is 1. The van der Waals surface area contributed by atoms with E-state index in [2.05, 4.69) is 26.0 Å². The van der Waals surface area contributed by atoms with Crippen molar-refractivity contribution in [1.29, 1.82) is 0 Å². The maximum atomic E-state index is 12.0. The van der Waals surface area contributed by atoms with Gasteiger partial charge in [-0.1, -0.05) is 15.9 Å². The number of benzene rings is 1. The average molecular weight is 321 g/mol. The molecule has 0 aromatic heterocycles. The van der Waals surface area contributed by atoms with Crippen LogP contribution in [0.15, 0.2) is 27.6 Å². The van der Waals surface area contributed by atoms with Crippen molar-refractivity contribution in [1.82, 2.24) is 10.0 Å². The van der Waals surface area contributed by atoms with Crippen LogP contribution in [0.5, 0.6) is 0 Å². The monoisotopic (exact) mass is 320 g/mol. The number of sulfonamides is 1. The van der Waals surface area contributed by atoms with Crippen LogP contribution in [-0.4, -0.2) is 28.1 Å². The Morgan fingerprint density at radius 3 is 2.59 bits per heavy atom. The van der Waals surface area contributed by atoms with Crippen LogP contribution in [0.2, 0.25) is 0 Å². The molecule has 0 aliphatic rings.